The van der Waals surface area contributed by atoms with Crippen LogP contribution >= 0.6 is 0 Å². The first kappa shape index (κ1) is 4.89. The monoisotopic (exact) mass is 96.1 g/mol. The van der Waals surface area contributed by atoms with E-state index in [4.69, 9.17) is 0 Å². The van der Waals surface area contributed by atoms with Crippen molar-refractivity contribution in [3.05, 3.63) is 11.6 Å². The Kier molecular flexibility index (Phi) is 1.18. The Morgan fingerprint density at radius 3 is 2.14 bits per heavy atom. The summed E-state index contributed by atoms with van der Waals surface area (Å²) in [6, 6.07) is 0. The highest BCUT2D eigenvalue weighted by molar-refractivity contribution is 5.16. The first-order chi connectivity index (χ1) is 3.29. The number of rotatable bonds is 1. The predicted molar refractivity (Wildman–Crippen MR) is 32.2 cm³/mol. The molecule has 1 fully saturated rings. The molecule has 0 aromatic carbocycles. The van der Waals surface area contributed by atoms with Gasteiger partial charge in [0.15, 0.2) is 0 Å². The van der Waals surface area contributed by atoms with Crippen LogP contribution in [0, 0.1) is 5.92 Å². The lowest BCUT2D eigenvalue weighted by atomic mass is 10.2. The molecular formula is C7H12. The van der Waals surface area contributed by atoms with Crippen LogP contribution in [0.15, 0.2) is 11.6 Å². The summed E-state index contributed by atoms with van der Waals surface area (Å²) in [4.78, 5) is 0. The minimum absolute atomic E-state index is 0.775. The van der Waals surface area contributed by atoms with Gasteiger partial charge in [-0.2, -0.15) is 0 Å². The SMILES string of the molecule is CC(C)C=C1CC1. The summed E-state index contributed by atoms with van der Waals surface area (Å²) in [6.45, 7) is 4.46. The average molecular weight is 96.2 g/mol. The summed E-state index contributed by atoms with van der Waals surface area (Å²) in [5, 5.41) is 0. The zero-order valence-electron chi connectivity index (χ0n) is 5.07. The van der Waals surface area contributed by atoms with E-state index in [-0.39, 0.29) is 0 Å². The van der Waals surface area contributed by atoms with Gasteiger partial charge in [-0.25, -0.2) is 0 Å². The van der Waals surface area contributed by atoms with Crippen molar-refractivity contribution in [1.82, 2.24) is 0 Å². The lowest BCUT2D eigenvalue weighted by Gasteiger charge is -1.88. The van der Waals surface area contributed by atoms with Gasteiger partial charge in [-0.1, -0.05) is 25.5 Å². The molecule has 0 aromatic heterocycles. The maximum Gasteiger partial charge on any atom is -0.0283 e. The van der Waals surface area contributed by atoms with Crippen molar-refractivity contribution in [2.24, 2.45) is 5.92 Å². The van der Waals surface area contributed by atoms with Gasteiger partial charge in [-0.15, -0.1) is 0 Å². The van der Waals surface area contributed by atoms with Crippen LogP contribution in [0.1, 0.15) is 26.7 Å². The van der Waals surface area contributed by atoms with Crippen LogP contribution < -0.4 is 0 Å². The first-order valence-corrected chi connectivity index (χ1v) is 2.98. The van der Waals surface area contributed by atoms with Crippen molar-refractivity contribution in [2.45, 2.75) is 26.7 Å². The van der Waals surface area contributed by atoms with Gasteiger partial charge in [-0.3, -0.25) is 0 Å². The maximum atomic E-state index is 2.36. The summed E-state index contributed by atoms with van der Waals surface area (Å²) in [5.74, 6) is 0.775. The molecule has 40 valence electrons. The van der Waals surface area contributed by atoms with Gasteiger partial charge in [0.05, 0.1) is 0 Å². The molecule has 1 saturated carbocycles. The molecule has 0 bridgehead atoms. The molecule has 0 amide bonds. The molecule has 0 atom stereocenters. The van der Waals surface area contributed by atoms with Crippen molar-refractivity contribution in [1.29, 1.82) is 0 Å². The summed E-state index contributed by atoms with van der Waals surface area (Å²) in [6.07, 6.45) is 5.11. The standard InChI is InChI=1S/C7H12/c1-6(2)5-7-3-4-7/h5-6H,3-4H2,1-2H3. The van der Waals surface area contributed by atoms with E-state index < -0.39 is 0 Å². The third-order valence-corrected chi connectivity index (χ3v) is 1.11. The van der Waals surface area contributed by atoms with Crippen LogP contribution in [0.25, 0.3) is 0 Å². The molecule has 0 saturated heterocycles. The van der Waals surface area contributed by atoms with Gasteiger partial charge in [0.2, 0.25) is 0 Å². The molecule has 0 radical (unpaired) electrons. The molecular weight excluding hydrogens is 84.1 g/mol. The number of allylic oxidation sites excluding steroid dienone is 2. The van der Waals surface area contributed by atoms with Gasteiger partial charge < -0.3 is 0 Å². The summed E-state index contributed by atoms with van der Waals surface area (Å²) < 4.78 is 0. The zero-order chi connectivity index (χ0) is 5.28. The minimum atomic E-state index is 0.775. The quantitative estimate of drug-likeness (QED) is 0.439. The van der Waals surface area contributed by atoms with E-state index in [1.165, 1.54) is 12.8 Å². The van der Waals surface area contributed by atoms with Crippen molar-refractivity contribution < 1.29 is 0 Å². The smallest absolute Gasteiger partial charge is 0.0283 e. The van der Waals surface area contributed by atoms with E-state index in [1.807, 2.05) is 0 Å². The van der Waals surface area contributed by atoms with Crippen molar-refractivity contribution in [3.8, 4) is 0 Å². The molecule has 7 heavy (non-hydrogen) atoms. The molecule has 0 heteroatoms. The van der Waals surface area contributed by atoms with E-state index in [0.717, 1.165) is 5.92 Å². The van der Waals surface area contributed by atoms with Crippen LogP contribution in [-0.4, -0.2) is 0 Å². The van der Waals surface area contributed by atoms with Gasteiger partial charge in [0, 0.05) is 0 Å². The van der Waals surface area contributed by atoms with E-state index in [1.54, 1.807) is 5.57 Å². The number of hydrogen-bond donors (Lipinski definition) is 0. The lowest BCUT2D eigenvalue weighted by molar-refractivity contribution is 0.828. The Morgan fingerprint density at radius 2 is 2.00 bits per heavy atom. The Balaban J connectivity index is 2.30. The molecule has 1 aliphatic rings. The fourth-order valence-corrected chi connectivity index (χ4v) is 0.710. The van der Waals surface area contributed by atoms with Crippen LogP contribution in [0.3, 0.4) is 0 Å². The Labute approximate surface area is 45.2 Å². The summed E-state index contributed by atoms with van der Waals surface area (Å²) in [7, 11) is 0. The second kappa shape index (κ2) is 1.69. The molecule has 1 aliphatic carbocycles. The third-order valence-electron chi connectivity index (χ3n) is 1.11. The van der Waals surface area contributed by atoms with E-state index >= 15 is 0 Å². The Morgan fingerprint density at radius 1 is 1.43 bits per heavy atom. The molecule has 0 aliphatic heterocycles. The second-order valence-corrected chi connectivity index (χ2v) is 2.57. The number of hydrogen-bond acceptors (Lipinski definition) is 0. The van der Waals surface area contributed by atoms with Crippen LogP contribution in [0.5, 0.6) is 0 Å². The highest BCUT2D eigenvalue weighted by Crippen LogP contribution is 2.28. The fourth-order valence-electron chi connectivity index (χ4n) is 0.710. The van der Waals surface area contributed by atoms with Gasteiger partial charge in [-0.05, 0) is 18.8 Å². The predicted octanol–water partition coefficient (Wildman–Crippen LogP) is 2.36. The van der Waals surface area contributed by atoms with Crippen molar-refractivity contribution in [3.63, 3.8) is 0 Å². The van der Waals surface area contributed by atoms with Gasteiger partial charge in [0.25, 0.3) is 0 Å². The van der Waals surface area contributed by atoms with Crippen LogP contribution in [-0.2, 0) is 0 Å². The van der Waals surface area contributed by atoms with Crippen LogP contribution in [0.2, 0.25) is 0 Å². The van der Waals surface area contributed by atoms with E-state index in [9.17, 15) is 0 Å². The normalized spacial score (nSPS) is 17.9. The molecule has 0 aromatic rings. The molecule has 0 spiro atoms. The minimum Gasteiger partial charge on any atom is -0.0827 e. The molecule has 0 heterocycles. The summed E-state index contributed by atoms with van der Waals surface area (Å²) in [5.41, 5.74) is 1.66. The van der Waals surface area contributed by atoms with Gasteiger partial charge >= 0.3 is 0 Å². The molecule has 0 nitrogen and oxygen atoms in total. The highest BCUT2D eigenvalue weighted by Gasteiger charge is 2.09. The van der Waals surface area contributed by atoms with Gasteiger partial charge in [0.1, 0.15) is 0 Å². The zero-order valence-corrected chi connectivity index (χ0v) is 5.07. The van der Waals surface area contributed by atoms with E-state index in [2.05, 4.69) is 19.9 Å². The first-order valence-electron chi connectivity index (χ1n) is 2.98. The third kappa shape index (κ3) is 1.77. The lowest BCUT2D eigenvalue weighted by Crippen LogP contribution is -1.74. The molecule has 1 rings (SSSR count). The van der Waals surface area contributed by atoms with Crippen molar-refractivity contribution in [2.75, 3.05) is 0 Å². The topological polar surface area (TPSA) is 0 Å². The average Bonchev–Trinajstić information content (AvgIpc) is 2.17. The summed E-state index contributed by atoms with van der Waals surface area (Å²) >= 11 is 0. The van der Waals surface area contributed by atoms with Crippen LogP contribution in [0.4, 0.5) is 0 Å². The molecule has 0 unspecified atom stereocenters. The Hall–Kier alpha value is -0.260. The molecule has 0 N–H and O–H groups in total. The Bertz CT molecular complexity index is 82.2. The maximum absolute atomic E-state index is 2.36. The van der Waals surface area contributed by atoms with E-state index in [0.29, 0.717) is 0 Å². The fraction of sp³-hybridized carbons (Fsp3) is 0.714. The van der Waals surface area contributed by atoms with Crippen molar-refractivity contribution >= 4 is 0 Å². The highest BCUT2D eigenvalue weighted by atomic mass is 14.2. The largest absolute Gasteiger partial charge is 0.0827 e. The second-order valence-electron chi connectivity index (χ2n) is 2.57.